The maximum Gasteiger partial charge on any atom is 0.338 e. The lowest BCUT2D eigenvalue weighted by atomic mass is 10.1. The quantitative estimate of drug-likeness (QED) is 0.799. The van der Waals surface area contributed by atoms with Crippen LogP contribution in [-0.4, -0.2) is 17.6 Å². The summed E-state index contributed by atoms with van der Waals surface area (Å²) in [5, 5.41) is 0.902. The smallest absolute Gasteiger partial charge is 0.338 e. The molecule has 2 aromatic rings. The summed E-state index contributed by atoms with van der Waals surface area (Å²) in [5.74, 6) is -0.312. The second-order valence-corrected chi connectivity index (χ2v) is 5.88. The molecular weight excluding hydrogens is 314 g/mol. The molecule has 0 amide bonds. The second-order valence-electron chi connectivity index (χ2n) is 3.73. The zero-order valence-corrected chi connectivity index (χ0v) is 12.5. The van der Waals surface area contributed by atoms with Crippen molar-refractivity contribution in [2.75, 3.05) is 6.61 Å². The van der Waals surface area contributed by atoms with Gasteiger partial charge in [0.25, 0.3) is 0 Å². The van der Waals surface area contributed by atoms with E-state index >= 15 is 0 Å². The molecule has 0 aliphatic heterocycles. The van der Waals surface area contributed by atoms with Gasteiger partial charge < -0.3 is 4.74 Å². The first-order chi connectivity index (χ1) is 8.60. The molecule has 0 atom stereocenters. The molecule has 3 nitrogen and oxygen atoms in total. The number of halogens is 1. The van der Waals surface area contributed by atoms with Gasteiger partial charge in [-0.2, -0.15) is 0 Å². The normalized spacial score (nSPS) is 10.4. The number of aromatic nitrogens is 1. The minimum absolute atomic E-state index is 0.312. The number of hydrogen-bond donors (Lipinski definition) is 0. The lowest BCUT2D eigenvalue weighted by molar-refractivity contribution is 0.0526. The van der Waals surface area contributed by atoms with Crippen LogP contribution in [0.1, 0.15) is 22.2 Å². The van der Waals surface area contributed by atoms with Gasteiger partial charge >= 0.3 is 5.97 Å². The molecule has 1 heterocycles. The topological polar surface area (TPSA) is 39.2 Å². The summed E-state index contributed by atoms with van der Waals surface area (Å²) < 4.78 is 5.85. The van der Waals surface area contributed by atoms with E-state index in [-0.39, 0.29) is 5.97 Å². The minimum atomic E-state index is -0.312. The number of carbonyl (C=O) groups is 1. The van der Waals surface area contributed by atoms with E-state index in [4.69, 9.17) is 4.74 Å². The number of aryl methyl sites for hydroxylation is 1. The maximum absolute atomic E-state index is 11.7. The molecule has 0 bridgehead atoms. The molecule has 0 aliphatic rings. The van der Waals surface area contributed by atoms with Crippen molar-refractivity contribution in [1.29, 1.82) is 0 Å². The van der Waals surface area contributed by atoms with E-state index in [0.29, 0.717) is 12.2 Å². The summed E-state index contributed by atoms with van der Waals surface area (Å²) in [6, 6.07) is 5.50. The van der Waals surface area contributed by atoms with Crippen molar-refractivity contribution >= 4 is 33.2 Å². The number of esters is 1. The monoisotopic (exact) mass is 325 g/mol. The van der Waals surface area contributed by atoms with Crippen molar-refractivity contribution in [2.24, 2.45) is 0 Å². The van der Waals surface area contributed by atoms with Crippen LogP contribution < -0.4 is 0 Å². The first kappa shape index (κ1) is 13.2. The number of rotatable bonds is 3. The minimum Gasteiger partial charge on any atom is -0.462 e. The molecule has 0 saturated heterocycles. The van der Waals surface area contributed by atoms with Gasteiger partial charge in [-0.05, 0) is 32.0 Å². The van der Waals surface area contributed by atoms with Crippen LogP contribution in [-0.2, 0) is 4.74 Å². The Morgan fingerprint density at radius 1 is 1.44 bits per heavy atom. The summed E-state index contributed by atoms with van der Waals surface area (Å²) in [4.78, 5) is 17.2. The van der Waals surface area contributed by atoms with Gasteiger partial charge in [-0.3, -0.25) is 0 Å². The van der Waals surface area contributed by atoms with Gasteiger partial charge in [0.2, 0.25) is 0 Å². The largest absolute Gasteiger partial charge is 0.462 e. The Morgan fingerprint density at radius 2 is 2.22 bits per heavy atom. The molecule has 0 fully saturated rings. The fourth-order valence-corrected chi connectivity index (χ4v) is 2.78. The van der Waals surface area contributed by atoms with E-state index < -0.39 is 0 Å². The van der Waals surface area contributed by atoms with Crippen LogP contribution in [0.5, 0.6) is 0 Å². The molecule has 1 aromatic heterocycles. The van der Waals surface area contributed by atoms with Crippen molar-refractivity contribution in [2.45, 2.75) is 13.8 Å². The van der Waals surface area contributed by atoms with Gasteiger partial charge in [0.1, 0.15) is 5.01 Å². The number of ether oxygens (including phenoxy) is 1. The molecule has 0 unspecified atom stereocenters. The third-order valence-electron chi connectivity index (χ3n) is 2.28. The van der Waals surface area contributed by atoms with Gasteiger partial charge in [0, 0.05) is 21.1 Å². The van der Waals surface area contributed by atoms with Crippen molar-refractivity contribution in [3.63, 3.8) is 0 Å². The highest BCUT2D eigenvalue weighted by molar-refractivity contribution is 9.10. The fourth-order valence-electron chi connectivity index (χ4n) is 1.53. The first-order valence-electron chi connectivity index (χ1n) is 5.50. The fraction of sp³-hybridized carbons (Fsp3) is 0.231. The Bertz CT molecular complexity index is 580. The predicted molar refractivity (Wildman–Crippen MR) is 75.9 cm³/mol. The van der Waals surface area contributed by atoms with Gasteiger partial charge in [-0.25, -0.2) is 9.78 Å². The average Bonchev–Trinajstić information content (AvgIpc) is 2.75. The summed E-state index contributed by atoms with van der Waals surface area (Å²) in [6.45, 7) is 4.17. The van der Waals surface area contributed by atoms with E-state index in [1.807, 2.05) is 19.2 Å². The van der Waals surface area contributed by atoms with Crippen LogP contribution in [0.15, 0.2) is 28.9 Å². The number of carbonyl (C=O) groups excluding carboxylic acids is 1. The highest BCUT2D eigenvalue weighted by Crippen LogP contribution is 2.28. The zero-order chi connectivity index (χ0) is 13.1. The van der Waals surface area contributed by atoms with Crippen LogP contribution in [0.3, 0.4) is 0 Å². The van der Waals surface area contributed by atoms with Gasteiger partial charge in [-0.15, -0.1) is 11.3 Å². The third kappa shape index (κ3) is 2.97. The molecule has 0 spiro atoms. The van der Waals surface area contributed by atoms with Crippen LogP contribution in [0, 0.1) is 6.92 Å². The Kier molecular flexibility index (Phi) is 4.14. The van der Waals surface area contributed by atoms with Crippen molar-refractivity contribution in [3.8, 4) is 10.6 Å². The molecule has 1 aromatic carbocycles. The summed E-state index contributed by atoms with van der Waals surface area (Å²) in [5.41, 5.74) is 1.46. The summed E-state index contributed by atoms with van der Waals surface area (Å²) >= 11 is 5.00. The Balaban J connectivity index is 2.41. The van der Waals surface area contributed by atoms with E-state index in [9.17, 15) is 4.79 Å². The zero-order valence-electron chi connectivity index (χ0n) is 10.1. The Morgan fingerprint density at radius 3 is 2.83 bits per heavy atom. The van der Waals surface area contributed by atoms with E-state index in [0.717, 1.165) is 19.9 Å². The lowest BCUT2D eigenvalue weighted by Gasteiger charge is -2.04. The first-order valence-corrected chi connectivity index (χ1v) is 7.11. The van der Waals surface area contributed by atoms with Crippen LogP contribution in [0.2, 0.25) is 0 Å². The molecule has 0 saturated carbocycles. The van der Waals surface area contributed by atoms with E-state index in [1.54, 1.807) is 30.4 Å². The summed E-state index contributed by atoms with van der Waals surface area (Å²) in [6.07, 6.45) is 1.82. The maximum atomic E-state index is 11.7. The van der Waals surface area contributed by atoms with E-state index in [2.05, 4.69) is 20.9 Å². The summed E-state index contributed by atoms with van der Waals surface area (Å²) in [7, 11) is 0. The SMILES string of the molecule is CCOC(=O)c1cc(Br)cc(-c2ncc(C)s2)c1. The standard InChI is InChI=1S/C13H12BrNO2S/c1-3-17-13(16)10-4-9(5-11(14)6-10)12-15-7-8(2)18-12/h4-7H,3H2,1-2H3. The number of nitrogens with zero attached hydrogens (tertiary/aromatic N) is 1. The van der Waals surface area contributed by atoms with Crippen LogP contribution in [0.4, 0.5) is 0 Å². The van der Waals surface area contributed by atoms with Crippen molar-refractivity contribution in [1.82, 2.24) is 4.98 Å². The molecule has 94 valence electrons. The highest BCUT2D eigenvalue weighted by atomic mass is 79.9. The van der Waals surface area contributed by atoms with Crippen LogP contribution >= 0.6 is 27.3 Å². The predicted octanol–water partition coefficient (Wildman–Crippen LogP) is 4.06. The molecule has 0 aliphatic carbocycles. The number of hydrogen-bond acceptors (Lipinski definition) is 4. The molecule has 0 N–H and O–H groups in total. The van der Waals surface area contributed by atoms with Crippen molar-refractivity contribution in [3.05, 3.63) is 39.3 Å². The van der Waals surface area contributed by atoms with Gasteiger partial charge in [-0.1, -0.05) is 15.9 Å². The Hall–Kier alpha value is -1.20. The third-order valence-corrected chi connectivity index (χ3v) is 3.70. The lowest BCUT2D eigenvalue weighted by Crippen LogP contribution is -2.04. The molecule has 2 rings (SSSR count). The Labute approximate surface area is 118 Å². The number of benzene rings is 1. The van der Waals surface area contributed by atoms with Crippen molar-refractivity contribution < 1.29 is 9.53 Å². The van der Waals surface area contributed by atoms with E-state index in [1.165, 1.54) is 0 Å². The van der Waals surface area contributed by atoms with Gasteiger partial charge in [0.05, 0.1) is 12.2 Å². The average molecular weight is 326 g/mol. The molecule has 18 heavy (non-hydrogen) atoms. The molecule has 0 radical (unpaired) electrons. The van der Waals surface area contributed by atoms with Crippen LogP contribution in [0.25, 0.3) is 10.6 Å². The molecular formula is C13H12BrNO2S. The number of thiazole rings is 1. The molecule has 5 heteroatoms. The second kappa shape index (κ2) is 5.63. The van der Waals surface area contributed by atoms with Gasteiger partial charge in [0.15, 0.2) is 0 Å². The highest BCUT2D eigenvalue weighted by Gasteiger charge is 2.11.